The van der Waals surface area contributed by atoms with Crippen LogP contribution in [0.1, 0.15) is 25.5 Å². The highest BCUT2D eigenvalue weighted by Crippen LogP contribution is 2.23. The van der Waals surface area contributed by atoms with Crippen LogP contribution in [-0.4, -0.2) is 11.9 Å². The Morgan fingerprint density at radius 3 is 2.43 bits per heavy atom. The van der Waals surface area contributed by atoms with E-state index in [1.807, 2.05) is 25.1 Å². The molecule has 122 valence electrons. The molecule has 2 rings (SSSR count). The number of hydrogen-bond acceptors (Lipinski definition) is 2. The maximum atomic E-state index is 13.1. The number of rotatable bonds is 5. The predicted octanol–water partition coefficient (Wildman–Crippen LogP) is 4.81. The van der Waals surface area contributed by atoms with Gasteiger partial charge in [0.25, 0.3) is 0 Å². The van der Waals surface area contributed by atoms with Crippen LogP contribution in [0.2, 0.25) is 10.0 Å². The molecule has 0 fully saturated rings. The quantitative estimate of drug-likeness (QED) is 0.808. The lowest BCUT2D eigenvalue weighted by molar-refractivity contribution is -0.117. The highest BCUT2D eigenvalue weighted by molar-refractivity contribution is 6.31. The van der Waals surface area contributed by atoms with Crippen molar-refractivity contribution in [2.45, 2.75) is 25.9 Å². The molecule has 0 aliphatic carbocycles. The van der Waals surface area contributed by atoms with Gasteiger partial charge in [0.2, 0.25) is 5.91 Å². The third kappa shape index (κ3) is 4.67. The minimum Gasteiger partial charge on any atom is -0.325 e. The lowest BCUT2D eigenvalue weighted by Gasteiger charge is -2.21. The first-order valence-electron chi connectivity index (χ1n) is 7.15. The molecule has 2 aromatic rings. The van der Waals surface area contributed by atoms with Crippen LogP contribution in [0.25, 0.3) is 0 Å². The summed E-state index contributed by atoms with van der Waals surface area (Å²) >= 11 is 11.9. The molecule has 0 bridgehead atoms. The number of carbonyl (C=O) groups excluding carboxylic acids is 1. The summed E-state index contributed by atoms with van der Waals surface area (Å²) in [6, 6.07) is 10.9. The number of halogens is 3. The lowest BCUT2D eigenvalue weighted by atomic mass is 10.1. The Balaban J connectivity index is 1.99. The van der Waals surface area contributed by atoms with E-state index in [2.05, 4.69) is 10.6 Å². The third-order valence-electron chi connectivity index (χ3n) is 3.45. The number of hydrogen-bond donors (Lipinski definition) is 2. The molecule has 2 atom stereocenters. The molecule has 0 aromatic heterocycles. The van der Waals surface area contributed by atoms with Crippen LogP contribution in [0, 0.1) is 5.82 Å². The summed E-state index contributed by atoms with van der Waals surface area (Å²) in [5, 5.41) is 6.48. The second-order valence-electron chi connectivity index (χ2n) is 5.25. The molecule has 0 aliphatic rings. The fourth-order valence-electron chi connectivity index (χ4n) is 2.19. The molecule has 23 heavy (non-hydrogen) atoms. The van der Waals surface area contributed by atoms with Gasteiger partial charge in [0, 0.05) is 16.8 Å². The first-order valence-corrected chi connectivity index (χ1v) is 7.90. The summed E-state index contributed by atoms with van der Waals surface area (Å²) < 4.78 is 13.1. The zero-order chi connectivity index (χ0) is 17.0. The van der Waals surface area contributed by atoms with Gasteiger partial charge >= 0.3 is 0 Å². The molecule has 0 radical (unpaired) electrons. The van der Waals surface area contributed by atoms with Gasteiger partial charge in [-0.05, 0) is 43.7 Å². The van der Waals surface area contributed by atoms with Crippen LogP contribution in [0.3, 0.4) is 0 Å². The number of anilines is 1. The maximum Gasteiger partial charge on any atom is 0.241 e. The van der Waals surface area contributed by atoms with Crippen molar-refractivity contribution in [3.05, 3.63) is 63.9 Å². The van der Waals surface area contributed by atoms with Gasteiger partial charge < -0.3 is 5.32 Å². The SMILES string of the molecule is CC(NC(C)c1ccccc1Cl)C(=O)Nc1ccc(F)c(Cl)c1. The molecule has 2 N–H and O–H groups in total. The van der Waals surface area contributed by atoms with Gasteiger partial charge in [-0.25, -0.2) is 4.39 Å². The summed E-state index contributed by atoms with van der Waals surface area (Å²) in [7, 11) is 0. The monoisotopic (exact) mass is 354 g/mol. The summed E-state index contributed by atoms with van der Waals surface area (Å²) in [5.74, 6) is -0.769. The largest absolute Gasteiger partial charge is 0.325 e. The minimum atomic E-state index is -0.525. The number of amides is 1. The van der Waals surface area contributed by atoms with E-state index in [1.165, 1.54) is 18.2 Å². The fraction of sp³-hybridized carbons (Fsp3) is 0.235. The Bertz CT molecular complexity index is 709. The van der Waals surface area contributed by atoms with Gasteiger partial charge in [-0.3, -0.25) is 10.1 Å². The van der Waals surface area contributed by atoms with E-state index in [1.54, 1.807) is 13.0 Å². The van der Waals surface area contributed by atoms with Crippen LogP contribution >= 0.6 is 23.2 Å². The van der Waals surface area contributed by atoms with Gasteiger partial charge in [-0.15, -0.1) is 0 Å². The molecule has 0 saturated heterocycles. The number of carbonyl (C=O) groups is 1. The van der Waals surface area contributed by atoms with Gasteiger partial charge in [-0.1, -0.05) is 41.4 Å². The Hall–Kier alpha value is -1.62. The topological polar surface area (TPSA) is 41.1 Å². The summed E-state index contributed by atoms with van der Waals surface area (Å²) in [6.07, 6.45) is 0. The molecule has 0 aliphatic heterocycles. The van der Waals surface area contributed by atoms with Gasteiger partial charge in [-0.2, -0.15) is 0 Å². The maximum absolute atomic E-state index is 13.1. The highest BCUT2D eigenvalue weighted by atomic mass is 35.5. The van der Waals surface area contributed by atoms with E-state index in [0.717, 1.165) is 5.56 Å². The molecule has 2 unspecified atom stereocenters. The van der Waals surface area contributed by atoms with E-state index in [-0.39, 0.29) is 17.0 Å². The van der Waals surface area contributed by atoms with Crippen molar-refractivity contribution in [3.63, 3.8) is 0 Å². The molecular formula is C17H17Cl2FN2O. The van der Waals surface area contributed by atoms with Gasteiger partial charge in [0.1, 0.15) is 5.82 Å². The van der Waals surface area contributed by atoms with E-state index in [9.17, 15) is 9.18 Å². The molecule has 2 aromatic carbocycles. The molecule has 6 heteroatoms. The number of nitrogens with one attached hydrogen (secondary N) is 2. The number of benzene rings is 2. The first-order chi connectivity index (χ1) is 10.9. The summed E-state index contributed by atoms with van der Waals surface area (Å²) in [5.41, 5.74) is 1.36. The molecule has 0 saturated carbocycles. The van der Waals surface area contributed by atoms with Crippen LogP contribution in [-0.2, 0) is 4.79 Å². The Kier molecular flexibility index (Phi) is 5.99. The van der Waals surface area contributed by atoms with Crippen LogP contribution in [0.4, 0.5) is 10.1 Å². The Labute approximate surface area is 144 Å². The molecule has 3 nitrogen and oxygen atoms in total. The van der Waals surface area contributed by atoms with Crippen molar-refractivity contribution in [1.82, 2.24) is 5.32 Å². The van der Waals surface area contributed by atoms with Gasteiger partial charge in [0.15, 0.2) is 0 Å². The first kappa shape index (κ1) is 17.7. The van der Waals surface area contributed by atoms with Crippen molar-refractivity contribution in [2.75, 3.05) is 5.32 Å². The molecular weight excluding hydrogens is 338 g/mol. The lowest BCUT2D eigenvalue weighted by Crippen LogP contribution is -2.39. The second-order valence-corrected chi connectivity index (χ2v) is 6.06. The van der Waals surface area contributed by atoms with E-state index < -0.39 is 11.9 Å². The zero-order valence-electron chi connectivity index (χ0n) is 12.7. The van der Waals surface area contributed by atoms with Crippen LogP contribution < -0.4 is 10.6 Å². The molecule has 0 heterocycles. The summed E-state index contributed by atoms with van der Waals surface area (Å²) in [6.45, 7) is 3.67. The Morgan fingerprint density at radius 1 is 1.09 bits per heavy atom. The second kappa shape index (κ2) is 7.77. The standard InChI is InChI=1S/C17H17Cl2FN2O/c1-10(13-5-3-4-6-14(13)18)21-11(2)17(23)22-12-7-8-16(20)15(19)9-12/h3-11,21H,1-2H3,(H,22,23). The third-order valence-corrected chi connectivity index (χ3v) is 4.09. The van der Waals surface area contributed by atoms with Crippen molar-refractivity contribution in [3.8, 4) is 0 Å². The molecule has 0 spiro atoms. The Morgan fingerprint density at radius 2 is 1.78 bits per heavy atom. The highest BCUT2D eigenvalue weighted by Gasteiger charge is 2.18. The van der Waals surface area contributed by atoms with Crippen LogP contribution in [0.5, 0.6) is 0 Å². The minimum absolute atomic E-state index is 0.0344. The van der Waals surface area contributed by atoms with Crippen molar-refractivity contribution in [1.29, 1.82) is 0 Å². The van der Waals surface area contributed by atoms with E-state index >= 15 is 0 Å². The normalized spacial score (nSPS) is 13.4. The smallest absolute Gasteiger partial charge is 0.241 e. The average molecular weight is 355 g/mol. The predicted molar refractivity (Wildman–Crippen MR) is 92.5 cm³/mol. The fourth-order valence-corrected chi connectivity index (χ4v) is 2.67. The van der Waals surface area contributed by atoms with E-state index in [4.69, 9.17) is 23.2 Å². The van der Waals surface area contributed by atoms with Crippen molar-refractivity contribution >= 4 is 34.8 Å². The molecule has 1 amide bonds. The van der Waals surface area contributed by atoms with E-state index in [0.29, 0.717) is 10.7 Å². The zero-order valence-corrected chi connectivity index (χ0v) is 14.3. The summed E-state index contributed by atoms with van der Waals surface area (Å²) in [4.78, 5) is 12.2. The van der Waals surface area contributed by atoms with Crippen LogP contribution in [0.15, 0.2) is 42.5 Å². The van der Waals surface area contributed by atoms with Crippen molar-refractivity contribution < 1.29 is 9.18 Å². The van der Waals surface area contributed by atoms with Gasteiger partial charge in [0.05, 0.1) is 11.1 Å². The van der Waals surface area contributed by atoms with Crippen molar-refractivity contribution in [2.24, 2.45) is 0 Å². The average Bonchev–Trinajstić information content (AvgIpc) is 2.51.